The Balaban J connectivity index is 1.22. The van der Waals surface area contributed by atoms with Crippen LogP contribution in [0.4, 0.5) is 8.78 Å². The molecule has 0 bridgehead atoms. The van der Waals surface area contributed by atoms with Gasteiger partial charge in [0, 0.05) is 29.3 Å². The Morgan fingerprint density at radius 3 is 1.14 bits per heavy atom. The summed E-state index contributed by atoms with van der Waals surface area (Å²) in [7, 11) is 0. The van der Waals surface area contributed by atoms with Crippen molar-refractivity contribution in [3.8, 4) is 40.4 Å². The van der Waals surface area contributed by atoms with E-state index < -0.39 is 11.6 Å². The molecule has 0 N–H and O–H groups in total. The molecule has 6 rings (SSSR count). The zero-order valence-corrected chi connectivity index (χ0v) is 40.7. The second-order valence-electron chi connectivity index (χ2n) is 15.3. The normalized spacial score (nSPS) is 11.8. The maximum absolute atomic E-state index is 16.7. The molecule has 0 fully saturated rings. The molecular formula is C46H56Br2F2N2S5. The monoisotopic (exact) mass is 992 g/mol. The van der Waals surface area contributed by atoms with Gasteiger partial charge in [-0.1, -0.05) is 129 Å². The van der Waals surface area contributed by atoms with Crippen LogP contribution in [0.1, 0.15) is 153 Å². The molecule has 0 aliphatic carbocycles. The van der Waals surface area contributed by atoms with Crippen molar-refractivity contribution in [2.24, 2.45) is 0 Å². The molecule has 5 heterocycles. The van der Waals surface area contributed by atoms with Crippen molar-refractivity contribution >= 4 is 100.0 Å². The van der Waals surface area contributed by atoms with E-state index in [0.29, 0.717) is 20.8 Å². The van der Waals surface area contributed by atoms with Crippen LogP contribution < -0.4 is 0 Å². The number of halogens is 4. The van der Waals surface area contributed by atoms with Crippen LogP contribution in [0.15, 0.2) is 44.0 Å². The summed E-state index contributed by atoms with van der Waals surface area (Å²) in [5.74, 6) is -1.66. The standard InChI is InChI=1S/C46H56Br2F2N2S5/c1-3-5-7-9-11-13-15-17-19-21-23-31-29-35(55-45(31)33-25-27-37(47)53-33)39-41(49)42(50)40(44-43(39)51-57-52-44)36-30-32(46(56-36)34-26-28-38(48)54-34)24-22-20-18-16-14-12-10-8-6-4-2/h25-30H,3-24H2,1-2H3. The maximum atomic E-state index is 16.7. The zero-order valence-electron chi connectivity index (χ0n) is 33.5. The van der Waals surface area contributed by atoms with Crippen molar-refractivity contribution in [3.05, 3.63) is 66.7 Å². The highest BCUT2D eigenvalue weighted by Gasteiger charge is 2.29. The molecule has 0 saturated heterocycles. The first-order valence-corrected chi connectivity index (χ1v) is 26.9. The minimum Gasteiger partial charge on any atom is -0.203 e. The first kappa shape index (κ1) is 45.2. The van der Waals surface area contributed by atoms with Gasteiger partial charge in [-0.2, -0.15) is 8.75 Å². The van der Waals surface area contributed by atoms with Gasteiger partial charge >= 0.3 is 0 Å². The Morgan fingerprint density at radius 2 is 0.807 bits per heavy atom. The third-order valence-electron chi connectivity index (χ3n) is 10.9. The minimum absolute atomic E-state index is 0.237. The summed E-state index contributed by atoms with van der Waals surface area (Å²) in [4.78, 5) is 6.00. The summed E-state index contributed by atoms with van der Waals surface area (Å²) in [6, 6.07) is 12.6. The average Bonchev–Trinajstić information content (AvgIpc) is 4.06. The summed E-state index contributed by atoms with van der Waals surface area (Å²) in [5.41, 5.74) is 3.77. The first-order valence-electron chi connectivity index (χ1n) is 21.3. The molecule has 0 radical (unpaired) electrons. The topological polar surface area (TPSA) is 25.8 Å². The molecule has 0 atom stereocenters. The molecule has 0 aliphatic heterocycles. The van der Waals surface area contributed by atoms with Crippen molar-refractivity contribution in [3.63, 3.8) is 0 Å². The lowest BCUT2D eigenvalue weighted by molar-refractivity contribution is 0.516. The van der Waals surface area contributed by atoms with Crippen molar-refractivity contribution in [2.45, 2.75) is 155 Å². The molecule has 0 aliphatic rings. The fraction of sp³-hybridized carbons (Fsp3) is 0.522. The van der Waals surface area contributed by atoms with Gasteiger partial charge in [-0.3, -0.25) is 0 Å². The summed E-state index contributed by atoms with van der Waals surface area (Å²) in [6.45, 7) is 4.53. The van der Waals surface area contributed by atoms with Crippen molar-refractivity contribution in [2.75, 3.05) is 0 Å². The Morgan fingerprint density at radius 1 is 0.456 bits per heavy atom. The second-order valence-corrected chi connectivity index (χ2v) is 22.9. The summed E-state index contributed by atoms with van der Waals surface area (Å²) < 4.78 is 44.9. The Kier molecular flexibility index (Phi) is 18.7. The third-order valence-corrected chi connectivity index (χ3v) is 17.4. The lowest BCUT2D eigenvalue weighted by atomic mass is 10.00. The number of fused-ring (bicyclic) bond motifs is 1. The fourth-order valence-electron chi connectivity index (χ4n) is 7.76. The van der Waals surface area contributed by atoms with Gasteiger partial charge in [0.15, 0.2) is 11.6 Å². The van der Waals surface area contributed by atoms with E-state index in [2.05, 4.69) is 90.9 Å². The predicted molar refractivity (Wildman–Crippen MR) is 257 cm³/mol. The van der Waals surface area contributed by atoms with E-state index in [1.54, 1.807) is 45.3 Å². The van der Waals surface area contributed by atoms with E-state index in [1.807, 2.05) is 0 Å². The minimum atomic E-state index is -0.832. The molecule has 57 heavy (non-hydrogen) atoms. The van der Waals surface area contributed by atoms with E-state index >= 15 is 8.78 Å². The van der Waals surface area contributed by atoms with Crippen LogP contribution in [0.3, 0.4) is 0 Å². The predicted octanol–water partition coefficient (Wildman–Crippen LogP) is 19.3. The molecule has 2 nitrogen and oxygen atoms in total. The second kappa shape index (κ2) is 23.6. The van der Waals surface area contributed by atoms with Gasteiger partial charge in [0.1, 0.15) is 11.0 Å². The molecule has 11 heteroatoms. The van der Waals surface area contributed by atoms with Gasteiger partial charge in [-0.05, 0) is 105 Å². The van der Waals surface area contributed by atoms with E-state index in [9.17, 15) is 0 Å². The molecule has 1 aromatic carbocycles. The summed E-state index contributed by atoms with van der Waals surface area (Å²) >= 11 is 14.8. The van der Waals surface area contributed by atoms with Crippen molar-refractivity contribution in [1.29, 1.82) is 0 Å². The molecular weight excluding hydrogens is 939 g/mol. The number of unbranched alkanes of at least 4 members (excludes halogenated alkanes) is 18. The van der Waals surface area contributed by atoms with Gasteiger partial charge in [0.25, 0.3) is 0 Å². The van der Waals surface area contributed by atoms with Gasteiger partial charge in [-0.25, -0.2) is 8.78 Å². The number of rotatable bonds is 26. The highest BCUT2D eigenvalue weighted by atomic mass is 79.9. The molecule has 0 amide bonds. The largest absolute Gasteiger partial charge is 0.203 e. The van der Waals surface area contributed by atoms with Gasteiger partial charge < -0.3 is 0 Å². The lowest BCUT2D eigenvalue weighted by Gasteiger charge is -2.08. The van der Waals surface area contributed by atoms with Crippen LogP contribution in [0.2, 0.25) is 0 Å². The van der Waals surface area contributed by atoms with Crippen molar-refractivity contribution < 1.29 is 8.78 Å². The van der Waals surface area contributed by atoms with Gasteiger partial charge in [0.05, 0.1) is 30.4 Å². The van der Waals surface area contributed by atoms with Crippen LogP contribution in [-0.2, 0) is 12.8 Å². The number of hydrogen-bond acceptors (Lipinski definition) is 7. The quantitative estimate of drug-likeness (QED) is 0.0506. The van der Waals surface area contributed by atoms with Crippen molar-refractivity contribution in [1.82, 2.24) is 8.75 Å². The van der Waals surface area contributed by atoms with E-state index in [0.717, 1.165) is 64.5 Å². The first-order chi connectivity index (χ1) is 27.9. The highest BCUT2D eigenvalue weighted by Crippen LogP contribution is 2.49. The van der Waals surface area contributed by atoms with Crippen LogP contribution in [-0.4, -0.2) is 8.75 Å². The Labute approximate surface area is 376 Å². The number of nitrogens with zero attached hydrogens (tertiary/aromatic N) is 2. The van der Waals surface area contributed by atoms with E-state index in [-0.39, 0.29) is 11.1 Å². The number of thiophene rings is 4. The lowest BCUT2D eigenvalue weighted by Crippen LogP contribution is -1.95. The van der Waals surface area contributed by atoms with E-state index in [4.69, 9.17) is 0 Å². The van der Waals surface area contributed by atoms with Crippen LogP contribution in [0.25, 0.3) is 51.4 Å². The van der Waals surface area contributed by atoms with Crippen LogP contribution in [0, 0.1) is 11.6 Å². The van der Waals surface area contributed by atoms with E-state index in [1.165, 1.54) is 127 Å². The number of aryl methyl sites for hydroxylation is 2. The SMILES string of the molecule is CCCCCCCCCCCCc1cc(-c2c(F)c(F)c(-c3cc(CCCCCCCCCCCC)c(-c4ccc(Br)s4)s3)c3nsnc23)sc1-c1ccc(Br)s1. The van der Waals surface area contributed by atoms with Gasteiger partial charge in [-0.15, -0.1) is 45.3 Å². The molecule has 5 aromatic heterocycles. The highest BCUT2D eigenvalue weighted by molar-refractivity contribution is 9.11. The summed E-state index contributed by atoms with van der Waals surface area (Å²) in [5, 5.41) is 0. The molecule has 0 saturated carbocycles. The molecule has 0 unspecified atom stereocenters. The molecule has 0 spiro atoms. The number of aromatic nitrogens is 2. The van der Waals surface area contributed by atoms with Crippen LogP contribution in [0.5, 0.6) is 0 Å². The fourth-order valence-corrected chi connectivity index (χ4v) is 13.9. The smallest absolute Gasteiger partial charge is 0.170 e. The Bertz CT molecular complexity index is 1980. The maximum Gasteiger partial charge on any atom is 0.170 e. The van der Waals surface area contributed by atoms with Gasteiger partial charge in [0.2, 0.25) is 0 Å². The molecule has 6 aromatic rings. The average molecular weight is 995 g/mol. The van der Waals surface area contributed by atoms with Crippen LogP contribution >= 0.6 is 88.9 Å². The zero-order chi connectivity index (χ0) is 40.0. The third kappa shape index (κ3) is 12.4. The molecule has 308 valence electrons. The number of benzene rings is 1. The summed E-state index contributed by atoms with van der Waals surface area (Å²) in [6.07, 6.45) is 27.4. The Hall–Kier alpha value is -1.34. The number of hydrogen-bond donors (Lipinski definition) is 0.